The largest absolute Gasteiger partial charge is 0.497 e. The zero-order valence-corrected chi connectivity index (χ0v) is 14.5. The highest BCUT2D eigenvalue weighted by Gasteiger charge is 2.35. The van der Waals surface area contributed by atoms with Gasteiger partial charge < -0.3 is 9.47 Å². The Balaban J connectivity index is 1.78. The van der Waals surface area contributed by atoms with Crippen molar-refractivity contribution in [2.45, 2.75) is 45.8 Å². The van der Waals surface area contributed by atoms with Gasteiger partial charge >= 0.3 is 0 Å². The predicted octanol–water partition coefficient (Wildman–Crippen LogP) is 2.84. The van der Waals surface area contributed by atoms with Crippen molar-refractivity contribution >= 4 is 5.78 Å². The quantitative estimate of drug-likeness (QED) is 0.844. The van der Waals surface area contributed by atoms with E-state index in [1.807, 2.05) is 39.0 Å². The number of fused-ring (bicyclic) bond motifs is 1. The smallest absolute Gasteiger partial charge is 0.162 e. The minimum absolute atomic E-state index is 0.0624. The highest BCUT2D eigenvalue weighted by Crippen LogP contribution is 2.36. The van der Waals surface area contributed by atoms with Gasteiger partial charge in [0.15, 0.2) is 5.78 Å². The van der Waals surface area contributed by atoms with Crippen LogP contribution in [-0.2, 0) is 11.2 Å². The molecule has 0 N–H and O–H groups in total. The van der Waals surface area contributed by atoms with E-state index in [0.717, 1.165) is 23.5 Å². The molecule has 0 radical (unpaired) electrons. The van der Waals surface area contributed by atoms with Gasteiger partial charge in [-0.2, -0.15) is 5.10 Å². The topological polar surface area (TPSA) is 66.2 Å². The van der Waals surface area contributed by atoms with Crippen LogP contribution in [0.1, 0.15) is 38.8 Å². The van der Waals surface area contributed by atoms with Crippen LogP contribution in [0.25, 0.3) is 0 Å². The number of ketones is 1. The first-order valence-electron chi connectivity index (χ1n) is 8.10. The fourth-order valence-electron chi connectivity index (χ4n) is 3.02. The van der Waals surface area contributed by atoms with Gasteiger partial charge in [0.05, 0.1) is 7.11 Å². The third kappa shape index (κ3) is 3.27. The van der Waals surface area contributed by atoms with Gasteiger partial charge in [0.2, 0.25) is 0 Å². The van der Waals surface area contributed by atoms with Crippen LogP contribution >= 0.6 is 0 Å². The molecule has 0 bridgehead atoms. The first-order valence-corrected chi connectivity index (χ1v) is 8.10. The Bertz CT molecular complexity index is 720. The number of rotatable bonds is 5. The molecule has 0 saturated heterocycles. The number of aromatic nitrogens is 3. The summed E-state index contributed by atoms with van der Waals surface area (Å²) < 4.78 is 12.9. The van der Waals surface area contributed by atoms with E-state index in [-0.39, 0.29) is 17.9 Å². The summed E-state index contributed by atoms with van der Waals surface area (Å²) in [5, 5.41) is 4.18. The van der Waals surface area contributed by atoms with Crippen LogP contribution in [0.2, 0.25) is 0 Å². The summed E-state index contributed by atoms with van der Waals surface area (Å²) in [6.45, 7) is 5.77. The highest BCUT2D eigenvalue weighted by atomic mass is 16.5. The normalized spacial score (nSPS) is 17.9. The van der Waals surface area contributed by atoms with E-state index in [1.165, 1.54) is 6.33 Å². The van der Waals surface area contributed by atoms with Gasteiger partial charge in [-0.15, -0.1) is 0 Å². The van der Waals surface area contributed by atoms with Crippen molar-refractivity contribution in [2.75, 3.05) is 7.11 Å². The van der Waals surface area contributed by atoms with Crippen LogP contribution in [0.4, 0.5) is 0 Å². The number of ether oxygens (including phenoxy) is 2. The third-order valence-electron chi connectivity index (χ3n) is 4.29. The Hall–Kier alpha value is -2.37. The lowest BCUT2D eigenvalue weighted by Crippen LogP contribution is -2.34. The molecule has 1 aromatic carbocycles. The van der Waals surface area contributed by atoms with Crippen molar-refractivity contribution in [3.05, 3.63) is 36.4 Å². The minimum atomic E-state index is -0.453. The molecular weight excluding hydrogens is 306 g/mol. The minimum Gasteiger partial charge on any atom is -0.497 e. The molecule has 2 unspecified atom stereocenters. The van der Waals surface area contributed by atoms with Gasteiger partial charge in [0.1, 0.15) is 36.3 Å². The van der Waals surface area contributed by atoms with Crippen molar-refractivity contribution in [2.24, 2.45) is 5.41 Å². The fourth-order valence-corrected chi connectivity index (χ4v) is 3.02. The lowest BCUT2D eigenvalue weighted by molar-refractivity contribution is -0.130. The zero-order valence-electron chi connectivity index (χ0n) is 14.5. The summed E-state index contributed by atoms with van der Waals surface area (Å²) in [5.74, 6) is 1.81. The van der Waals surface area contributed by atoms with Crippen LogP contribution in [0.5, 0.6) is 11.5 Å². The van der Waals surface area contributed by atoms with Crippen molar-refractivity contribution in [1.82, 2.24) is 14.8 Å². The van der Waals surface area contributed by atoms with Crippen molar-refractivity contribution in [3.63, 3.8) is 0 Å². The number of nitrogens with zero attached hydrogens (tertiary/aromatic N) is 3. The average molecular weight is 329 g/mol. The van der Waals surface area contributed by atoms with E-state index in [9.17, 15) is 4.79 Å². The van der Waals surface area contributed by atoms with E-state index in [2.05, 4.69) is 10.1 Å². The number of hydrogen-bond acceptors (Lipinski definition) is 5. The molecule has 1 aliphatic heterocycles. The standard InChI is InChI=1S/C18H23N3O3/c1-18(2,3)17(22)15(21-11-19-10-20-21)9-14-8-12-7-13(23-4)5-6-16(12)24-14/h5-7,10-11,14-15H,8-9H2,1-4H3. The molecule has 0 fully saturated rings. The predicted molar refractivity (Wildman–Crippen MR) is 89.3 cm³/mol. The van der Waals surface area contributed by atoms with Crippen molar-refractivity contribution in [1.29, 1.82) is 0 Å². The molecule has 128 valence electrons. The number of hydrogen-bond donors (Lipinski definition) is 0. The lowest BCUT2D eigenvalue weighted by atomic mass is 9.84. The molecule has 3 rings (SSSR count). The molecule has 0 amide bonds. The number of Topliss-reactive ketones (excluding diaryl/α,β-unsaturated/α-hetero) is 1. The molecule has 6 heteroatoms. The molecule has 24 heavy (non-hydrogen) atoms. The van der Waals surface area contributed by atoms with Crippen LogP contribution in [-0.4, -0.2) is 33.8 Å². The number of carbonyl (C=O) groups excluding carboxylic acids is 1. The number of benzene rings is 1. The van der Waals surface area contributed by atoms with Gasteiger partial charge in [-0.25, -0.2) is 9.67 Å². The first-order chi connectivity index (χ1) is 11.4. The van der Waals surface area contributed by atoms with Gasteiger partial charge in [-0.1, -0.05) is 20.8 Å². The monoisotopic (exact) mass is 329 g/mol. The first kappa shape index (κ1) is 16.5. The Morgan fingerprint density at radius 3 is 2.88 bits per heavy atom. The SMILES string of the molecule is COc1ccc2c(c1)CC(CC(C(=O)C(C)(C)C)n1cncn1)O2. The van der Waals surface area contributed by atoms with Gasteiger partial charge in [-0.3, -0.25) is 4.79 Å². The summed E-state index contributed by atoms with van der Waals surface area (Å²) in [4.78, 5) is 16.8. The van der Waals surface area contributed by atoms with E-state index < -0.39 is 5.41 Å². The second kappa shape index (κ2) is 6.26. The molecule has 1 aliphatic rings. The molecule has 0 saturated carbocycles. The van der Waals surface area contributed by atoms with E-state index in [1.54, 1.807) is 18.1 Å². The Kier molecular flexibility index (Phi) is 4.30. The molecular formula is C18H23N3O3. The van der Waals surface area contributed by atoms with Crippen LogP contribution in [0, 0.1) is 5.41 Å². The molecule has 0 spiro atoms. The summed E-state index contributed by atoms with van der Waals surface area (Å²) >= 11 is 0. The summed E-state index contributed by atoms with van der Waals surface area (Å²) in [5.41, 5.74) is 0.658. The van der Waals surface area contributed by atoms with Crippen LogP contribution in [0.15, 0.2) is 30.9 Å². The maximum atomic E-state index is 12.9. The van der Waals surface area contributed by atoms with E-state index in [4.69, 9.17) is 9.47 Å². The summed E-state index contributed by atoms with van der Waals surface area (Å²) in [6, 6.07) is 5.42. The molecule has 6 nitrogen and oxygen atoms in total. The Labute approximate surface area is 141 Å². The highest BCUT2D eigenvalue weighted by molar-refractivity contribution is 5.87. The Morgan fingerprint density at radius 2 is 2.25 bits per heavy atom. The second-order valence-corrected chi connectivity index (χ2v) is 7.16. The lowest BCUT2D eigenvalue weighted by Gasteiger charge is -2.26. The van der Waals surface area contributed by atoms with Gasteiger partial charge in [0, 0.05) is 23.8 Å². The van der Waals surface area contributed by atoms with E-state index in [0.29, 0.717) is 6.42 Å². The van der Waals surface area contributed by atoms with Gasteiger partial charge in [0.25, 0.3) is 0 Å². The molecule has 2 atom stereocenters. The second-order valence-electron chi connectivity index (χ2n) is 7.16. The summed E-state index contributed by atoms with van der Waals surface area (Å²) in [6.07, 6.45) is 4.32. The van der Waals surface area contributed by atoms with Crippen LogP contribution < -0.4 is 9.47 Å². The van der Waals surface area contributed by atoms with Crippen molar-refractivity contribution < 1.29 is 14.3 Å². The molecule has 1 aromatic heterocycles. The maximum Gasteiger partial charge on any atom is 0.162 e. The zero-order chi connectivity index (χ0) is 17.3. The Morgan fingerprint density at radius 1 is 1.46 bits per heavy atom. The average Bonchev–Trinajstić information content (AvgIpc) is 3.19. The van der Waals surface area contributed by atoms with Gasteiger partial charge in [-0.05, 0) is 18.2 Å². The van der Waals surface area contributed by atoms with Crippen LogP contribution in [0.3, 0.4) is 0 Å². The fraction of sp³-hybridized carbons (Fsp3) is 0.500. The van der Waals surface area contributed by atoms with E-state index >= 15 is 0 Å². The van der Waals surface area contributed by atoms with Crippen molar-refractivity contribution in [3.8, 4) is 11.5 Å². The number of carbonyl (C=O) groups is 1. The summed E-state index contributed by atoms with van der Waals surface area (Å²) in [7, 11) is 1.65. The molecule has 0 aliphatic carbocycles. The molecule has 2 aromatic rings. The molecule has 2 heterocycles. The third-order valence-corrected chi connectivity index (χ3v) is 4.29. The maximum absolute atomic E-state index is 12.9. The number of methoxy groups -OCH3 is 1.